The van der Waals surface area contributed by atoms with Gasteiger partial charge in [0, 0.05) is 19.0 Å². The monoisotopic (exact) mass is 272 g/mol. The number of nitrogens with zero attached hydrogens (tertiary/aromatic N) is 3. The first kappa shape index (κ1) is 14.4. The third kappa shape index (κ3) is 3.74. The Morgan fingerprint density at radius 3 is 2.80 bits per heavy atom. The molecule has 0 saturated heterocycles. The molecule has 0 aliphatic carbocycles. The molecule has 0 spiro atoms. The molecule has 0 amide bonds. The molecule has 2 aromatic rings. The van der Waals surface area contributed by atoms with E-state index in [1.807, 2.05) is 30.3 Å². The largest absolute Gasteiger partial charge is 0.324 e. The van der Waals surface area contributed by atoms with Gasteiger partial charge in [-0.15, -0.1) is 0 Å². The van der Waals surface area contributed by atoms with Crippen molar-refractivity contribution in [2.75, 3.05) is 0 Å². The van der Waals surface area contributed by atoms with E-state index in [4.69, 9.17) is 5.73 Å². The fourth-order valence-corrected chi connectivity index (χ4v) is 2.14. The van der Waals surface area contributed by atoms with Gasteiger partial charge in [0.15, 0.2) is 0 Å². The van der Waals surface area contributed by atoms with Crippen molar-refractivity contribution in [1.82, 2.24) is 14.8 Å². The molecule has 1 atom stereocenters. The molecular formula is C15H20N4O. The number of carbonyl (C=O) groups excluding carboxylic acids is 1. The second kappa shape index (κ2) is 6.96. The third-order valence-corrected chi connectivity index (χ3v) is 3.16. The Bertz CT molecular complexity index is 550. The van der Waals surface area contributed by atoms with Gasteiger partial charge in [-0.1, -0.05) is 37.3 Å². The van der Waals surface area contributed by atoms with Crippen LogP contribution in [0.2, 0.25) is 0 Å². The van der Waals surface area contributed by atoms with E-state index in [-0.39, 0.29) is 11.8 Å². The van der Waals surface area contributed by atoms with E-state index < -0.39 is 0 Å². The number of carbonyl (C=O) groups is 1. The van der Waals surface area contributed by atoms with Gasteiger partial charge < -0.3 is 5.73 Å². The first-order valence-corrected chi connectivity index (χ1v) is 6.89. The number of Topliss-reactive ketones (excluding diaryl/α,β-unsaturated/α-hetero) is 1. The maximum atomic E-state index is 12.1. The molecule has 0 radical (unpaired) electrons. The number of benzene rings is 1. The second-order valence-electron chi connectivity index (χ2n) is 4.84. The van der Waals surface area contributed by atoms with E-state index in [9.17, 15) is 4.79 Å². The van der Waals surface area contributed by atoms with Gasteiger partial charge in [0.25, 0.3) is 0 Å². The molecule has 0 aliphatic heterocycles. The molecule has 1 aromatic heterocycles. The number of hydrogen-bond donors (Lipinski definition) is 1. The van der Waals surface area contributed by atoms with Crippen LogP contribution in [0.5, 0.6) is 0 Å². The fourth-order valence-electron chi connectivity index (χ4n) is 2.14. The molecule has 106 valence electrons. The van der Waals surface area contributed by atoms with E-state index >= 15 is 0 Å². The van der Waals surface area contributed by atoms with E-state index in [1.54, 1.807) is 4.68 Å². The molecule has 1 aromatic carbocycles. The number of nitrogens with two attached hydrogens (primary N) is 1. The normalized spacial score (nSPS) is 12.3. The van der Waals surface area contributed by atoms with Crippen molar-refractivity contribution in [3.8, 4) is 0 Å². The summed E-state index contributed by atoms with van der Waals surface area (Å²) in [5.74, 6) is 0.809. The van der Waals surface area contributed by atoms with Crippen LogP contribution in [0.3, 0.4) is 0 Å². The highest BCUT2D eigenvalue weighted by atomic mass is 16.1. The summed E-state index contributed by atoms with van der Waals surface area (Å²) in [6, 6.07) is 9.42. The maximum absolute atomic E-state index is 12.1. The Hall–Kier alpha value is -2.01. The van der Waals surface area contributed by atoms with Crippen LogP contribution in [-0.4, -0.2) is 20.5 Å². The summed E-state index contributed by atoms with van der Waals surface area (Å²) < 4.78 is 1.78. The minimum atomic E-state index is -0.258. The van der Waals surface area contributed by atoms with Gasteiger partial charge in [0.1, 0.15) is 17.9 Å². The van der Waals surface area contributed by atoms with Crippen LogP contribution in [0.4, 0.5) is 0 Å². The van der Waals surface area contributed by atoms with Crippen molar-refractivity contribution in [2.45, 2.75) is 38.8 Å². The van der Waals surface area contributed by atoms with E-state index in [1.165, 1.54) is 6.33 Å². The van der Waals surface area contributed by atoms with E-state index in [2.05, 4.69) is 17.0 Å². The number of aromatic nitrogens is 3. The first-order valence-electron chi connectivity index (χ1n) is 6.89. The highest BCUT2D eigenvalue weighted by molar-refractivity contribution is 5.80. The van der Waals surface area contributed by atoms with Gasteiger partial charge >= 0.3 is 0 Å². The lowest BCUT2D eigenvalue weighted by Crippen LogP contribution is -2.18. The van der Waals surface area contributed by atoms with Crippen LogP contribution in [0, 0.1) is 0 Å². The van der Waals surface area contributed by atoms with Gasteiger partial charge in [0.2, 0.25) is 0 Å². The summed E-state index contributed by atoms with van der Waals surface area (Å²) in [6.45, 7) is 2.85. The van der Waals surface area contributed by atoms with Gasteiger partial charge in [-0.25, -0.2) is 9.67 Å². The van der Waals surface area contributed by atoms with E-state index in [0.717, 1.165) is 24.4 Å². The topological polar surface area (TPSA) is 73.8 Å². The number of hydrogen-bond acceptors (Lipinski definition) is 4. The lowest BCUT2D eigenvalue weighted by atomic mass is 10.0. The quantitative estimate of drug-likeness (QED) is 0.835. The van der Waals surface area contributed by atoms with Crippen LogP contribution >= 0.6 is 0 Å². The molecule has 0 saturated carbocycles. The van der Waals surface area contributed by atoms with Crippen LogP contribution < -0.4 is 5.73 Å². The summed E-state index contributed by atoms with van der Waals surface area (Å²) in [7, 11) is 0. The Balaban J connectivity index is 1.94. The summed E-state index contributed by atoms with van der Waals surface area (Å²) in [5, 5.41) is 4.12. The Morgan fingerprint density at radius 1 is 1.35 bits per heavy atom. The van der Waals surface area contributed by atoms with Crippen LogP contribution in [0.15, 0.2) is 36.7 Å². The predicted octanol–water partition coefficient (Wildman–Crippen LogP) is 1.89. The Morgan fingerprint density at radius 2 is 2.10 bits per heavy atom. The van der Waals surface area contributed by atoms with E-state index in [0.29, 0.717) is 12.8 Å². The molecule has 20 heavy (non-hydrogen) atoms. The third-order valence-electron chi connectivity index (χ3n) is 3.16. The molecule has 5 heteroatoms. The van der Waals surface area contributed by atoms with Gasteiger partial charge in [-0.05, 0) is 12.0 Å². The fraction of sp³-hybridized carbons (Fsp3) is 0.400. The minimum absolute atomic E-state index is 0.0895. The molecule has 0 fully saturated rings. The Kier molecular flexibility index (Phi) is 5.01. The summed E-state index contributed by atoms with van der Waals surface area (Å²) in [6.07, 6.45) is 3.08. The van der Waals surface area contributed by atoms with Gasteiger partial charge in [-0.2, -0.15) is 5.10 Å². The zero-order chi connectivity index (χ0) is 14.4. The summed E-state index contributed by atoms with van der Waals surface area (Å²) in [4.78, 5) is 16.2. The number of rotatable bonds is 7. The van der Waals surface area contributed by atoms with Crippen molar-refractivity contribution in [1.29, 1.82) is 0 Å². The van der Waals surface area contributed by atoms with Gasteiger partial charge in [-0.3, -0.25) is 4.79 Å². The molecule has 0 aliphatic rings. The molecule has 0 bridgehead atoms. The number of ketones is 1. The smallest absolute Gasteiger partial charge is 0.142 e. The van der Waals surface area contributed by atoms with Crippen molar-refractivity contribution in [3.63, 3.8) is 0 Å². The zero-order valence-corrected chi connectivity index (χ0v) is 11.7. The summed E-state index contributed by atoms with van der Waals surface area (Å²) >= 11 is 0. The average molecular weight is 272 g/mol. The highest BCUT2D eigenvalue weighted by Gasteiger charge is 2.14. The number of aryl methyl sites for hydroxylation is 1. The molecule has 5 nitrogen and oxygen atoms in total. The van der Waals surface area contributed by atoms with Crippen LogP contribution in [0.1, 0.15) is 37.2 Å². The second-order valence-corrected chi connectivity index (χ2v) is 4.84. The highest BCUT2D eigenvalue weighted by Crippen LogP contribution is 2.14. The zero-order valence-electron chi connectivity index (χ0n) is 11.7. The van der Waals surface area contributed by atoms with Crippen molar-refractivity contribution < 1.29 is 4.79 Å². The summed E-state index contributed by atoms with van der Waals surface area (Å²) in [5.41, 5.74) is 7.04. The maximum Gasteiger partial charge on any atom is 0.142 e. The molecule has 2 N–H and O–H groups in total. The lowest BCUT2D eigenvalue weighted by molar-refractivity contribution is -0.118. The van der Waals surface area contributed by atoms with Crippen molar-refractivity contribution in [3.05, 3.63) is 48.0 Å². The van der Waals surface area contributed by atoms with Crippen molar-refractivity contribution >= 4 is 5.78 Å². The minimum Gasteiger partial charge on any atom is -0.324 e. The molecule has 1 unspecified atom stereocenters. The average Bonchev–Trinajstić information content (AvgIpc) is 2.87. The van der Waals surface area contributed by atoms with Gasteiger partial charge in [0.05, 0.1) is 6.42 Å². The lowest BCUT2D eigenvalue weighted by Gasteiger charge is -2.11. The predicted molar refractivity (Wildman–Crippen MR) is 77.0 cm³/mol. The molecule has 1 heterocycles. The Labute approximate surface area is 118 Å². The molecule has 2 rings (SSSR count). The molecular weight excluding hydrogens is 252 g/mol. The SMILES string of the molecule is CCCn1ncnc1CC(=O)CC(N)c1ccccc1. The first-order chi connectivity index (χ1) is 9.70. The van der Waals surface area contributed by atoms with Crippen molar-refractivity contribution in [2.24, 2.45) is 5.73 Å². The standard InChI is InChI=1S/C15H20N4O/c1-2-8-19-15(17-11-18-19)10-13(20)9-14(16)12-6-4-3-5-7-12/h3-7,11,14H,2,8-10,16H2,1H3. The van der Waals surface area contributed by atoms with Crippen LogP contribution in [0.25, 0.3) is 0 Å². The van der Waals surface area contributed by atoms with Crippen LogP contribution in [-0.2, 0) is 17.8 Å².